The molecule has 0 saturated carbocycles. The molecule has 2 atom stereocenters. The van der Waals surface area contributed by atoms with Crippen molar-refractivity contribution in [2.45, 2.75) is 32.8 Å². The molecule has 0 heterocycles. The van der Waals surface area contributed by atoms with E-state index in [0.717, 1.165) is 6.08 Å². The smallest absolute Gasteiger partial charge is 0.412 e. The van der Waals surface area contributed by atoms with Gasteiger partial charge in [-0.05, 0) is 78.0 Å². The SMILES string of the molecule is CC(=O)c1ccc(NC(=O)O[C@@H](c2cc(Br)cc(Br)c2O)[C@H](C)CC/C=C/C(=O)O)cc1. The highest BCUT2D eigenvalue weighted by atomic mass is 79.9. The van der Waals surface area contributed by atoms with E-state index < -0.39 is 18.2 Å². The summed E-state index contributed by atoms with van der Waals surface area (Å²) in [6.45, 7) is 3.30. The Morgan fingerprint density at radius 3 is 2.41 bits per heavy atom. The normalized spacial score (nSPS) is 12.9. The van der Waals surface area contributed by atoms with E-state index in [9.17, 15) is 19.5 Å². The highest BCUT2D eigenvalue weighted by molar-refractivity contribution is 9.11. The van der Waals surface area contributed by atoms with E-state index in [0.29, 0.717) is 38.6 Å². The third-order valence-corrected chi connectivity index (χ3v) is 5.76. The topological polar surface area (TPSA) is 113 Å². The van der Waals surface area contributed by atoms with Crippen LogP contribution in [0.5, 0.6) is 5.75 Å². The first-order chi connectivity index (χ1) is 15.1. The quantitative estimate of drug-likeness (QED) is 0.236. The number of amides is 1. The Morgan fingerprint density at radius 2 is 1.81 bits per heavy atom. The standard InChI is InChI=1S/C23H23Br2NO6/c1-13(5-3-4-6-20(28)29)22(18-11-16(24)12-19(25)21(18)30)32-23(31)26-17-9-7-15(8-10-17)14(2)27/h4,6-13,22,30H,3,5H2,1-2H3,(H,26,31)(H,28,29)/b6-4+/t13-,22-/m1/s1. The minimum Gasteiger partial charge on any atom is -0.506 e. The van der Waals surface area contributed by atoms with E-state index in [1.54, 1.807) is 36.4 Å². The summed E-state index contributed by atoms with van der Waals surface area (Å²) in [6, 6.07) is 9.74. The van der Waals surface area contributed by atoms with Gasteiger partial charge < -0.3 is 14.9 Å². The molecule has 0 unspecified atom stereocenters. The van der Waals surface area contributed by atoms with Crippen LogP contribution in [0.1, 0.15) is 48.7 Å². The summed E-state index contributed by atoms with van der Waals surface area (Å²) in [5.74, 6) is -1.41. The molecular formula is C23H23Br2NO6. The molecule has 0 aliphatic rings. The molecule has 32 heavy (non-hydrogen) atoms. The number of nitrogens with one attached hydrogen (secondary N) is 1. The number of halogens is 2. The molecule has 1 amide bonds. The van der Waals surface area contributed by atoms with Gasteiger partial charge in [0.05, 0.1) is 4.47 Å². The molecule has 0 saturated heterocycles. The van der Waals surface area contributed by atoms with Crippen molar-refractivity contribution < 1.29 is 29.3 Å². The number of ether oxygens (including phenoxy) is 1. The monoisotopic (exact) mass is 567 g/mol. The van der Waals surface area contributed by atoms with Gasteiger partial charge in [0.2, 0.25) is 0 Å². The summed E-state index contributed by atoms with van der Waals surface area (Å²) in [4.78, 5) is 34.7. The zero-order valence-electron chi connectivity index (χ0n) is 17.5. The van der Waals surface area contributed by atoms with Gasteiger partial charge in [0.25, 0.3) is 0 Å². The Balaban J connectivity index is 2.22. The van der Waals surface area contributed by atoms with E-state index in [1.165, 1.54) is 13.0 Å². The number of carbonyl (C=O) groups excluding carboxylic acids is 2. The molecule has 2 aromatic rings. The lowest BCUT2D eigenvalue weighted by Gasteiger charge is -2.26. The van der Waals surface area contributed by atoms with Crippen LogP contribution in [0.25, 0.3) is 0 Å². The number of hydrogen-bond donors (Lipinski definition) is 3. The van der Waals surface area contributed by atoms with E-state index >= 15 is 0 Å². The maximum absolute atomic E-state index is 12.6. The molecular weight excluding hydrogens is 546 g/mol. The lowest BCUT2D eigenvalue weighted by Crippen LogP contribution is -2.22. The number of rotatable bonds is 9. The van der Waals surface area contributed by atoms with Gasteiger partial charge in [-0.1, -0.05) is 28.9 Å². The molecule has 0 radical (unpaired) electrons. The number of phenols is 1. The number of ketones is 1. The van der Waals surface area contributed by atoms with Crippen LogP contribution in [0.3, 0.4) is 0 Å². The highest BCUT2D eigenvalue weighted by Crippen LogP contribution is 2.40. The number of anilines is 1. The maximum atomic E-state index is 12.6. The predicted octanol–water partition coefficient (Wildman–Crippen LogP) is 6.47. The molecule has 9 heteroatoms. The molecule has 0 bridgehead atoms. The zero-order chi connectivity index (χ0) is 23.8. The van der Waals surface area contributed by atoms with E-state index in [-0.39, 0.29) is 17.5 Å². The zero-order valence-corrected chi connectivity index (χ0v) is 20.6. The fourth-order valence-corrected chi connectivity index (χ4v) is 4.29. The van der Waals surface area contributed by atoms with Crippen LogP contribution in [-0.2, 0) is 9.53 Å². The lowest BCUT2D eigenvalue weighted by atomic mass is 9.92. The minimum absolute atomic E-state index is 0.0512. The van der Waals surface area contributed by atoms with Gasteiger partial charge in [-0.2, -0.15) is 0 Å². The van der Waals surface area contributed by atoms with Crippen LogP contribution in [0.15, 0.2) is 57.5 Å². The van der Waals surface area contributed by atoms with Gasteiger partial charge in [0.15, 0.2) is 5.78 Å². The molecule has 2 rings (SSSR count). The average Bonchev–Trinajstić information content (AvgIpc) is 2.72. The van der Waals surface area contributed by atoms with Gasteiger partial charge in [-0.3, -0.25) is 10.1 Å². The third kappa shape index (κ3) is 7.49. The summed E-state index contributed by atoms with van der Waals surface area (Å²) in [6.07, 6.45) is 2.03. The predicted molar refractivity (Wildman–Crippen MR) is 128 cm³/mol. The number of aliphatic carboxylic acids is 1. The van der Waals surface area contributed by atoms with Crippen LogP contribution in [-0.4, -0.2) is 28.1 Å². The number of carboxylic acid groups (broad SMARTS) is 1. The number of hydrogen-bond acceptors (Lipinski definition) is 5. The van der Waals surface area contributed by atoms with E-state index in [1.807, 2.05) is 6.92 Å². The van der Waals surface area contributed by atoms with Crippen LogP contribution in [0.2, 0.25) is 0 Å². The fourth-order valence-electron chi connectivity index (χ4n) is 3.03. The number of phenolic OH excluding ortho intramolecular Hbond substituents is 1. The number of aromatic hydroxyl groups is 1. The molecule has 2 aromatic carbocycles. The van der Waals surface area contributed by atoms with Crippen molar-refractivity contribution in [2.75, 3.05) is 5.32 Å². The molecule has 170 valence electrons. The van der Waals surface area contributed by atoms with Crippen LogP contribution < -0.4 is 5.32 Å². The minimum atomic E-state index is -1.03. The first kappa shape index (κ1) is 25.6. The Kier molecular flexibility index (Phi) is 9.46. The summed E-state index contributed by atoms with van der Waals surface area (Å²) in [5.41, 5.74) is 1.38. The number of Topliss-reactive ketones (excluding diaryl/α,β-unsaturated/α-hetero) is 1. The third-order valence-electron chi connectivity index (χ3n) is 4.70. The Hall–Kier alpha value is -2.65. The van der Waals surface area contributed by atoms with Crippen LogP contribution >= 0.6 is 31.9 Å². The van der Waals surface area contributed by atoms with E-state index in [4.69, 9.17) is 9.84 Å². The van der Waals surface area contributed by atoms with Gasteiger partial charge >= 0.3 is 12.1 Å². The van der Waals surface area contributed by atoms with Crippen molar-refractivity contribution in [3.8, 4) is 5.75 Å². The van der Waals surface area contributed by atoms with Crippen LogP contribution in [0.4, 0.5) is 10.5 Å². The summed E-state index contributed by atoms with van der Waals surface area (Å²) in [5, 5.41) is 21.9. The van der Waals surface area contributed by atoms with Crippen molar-refractivity contribution >= 4 is 55.4 Å². The van der Waals surface area contributed by atoms with Gasteiger partial charge in [0, 0.05) is 27.4 Å². The van der Waals surface area contributed by atoms with Crippen LogP contribution in [0, 0.1) is 5.92 Å². The molecule has 3 N–H and O–H groups in total. The van der Waals surface area contributed by atoms with Gasteiger partial charge in [-0.25, -0.2) is 9.59 Å². The van der Waals surface area contributed by atoms with Crippen molar-refractivity contribution in [1.82, 2.24) is 0 Å². The molecule has 0 spiro atoms. The summed E-state index contributed by atoms with van der Waals surface area (Å²) in [7, 11) is 0. The van der Waals surface area contributed by atoms with Gasteiger partial charge in [0.1, 0.15) is 11.9 Å². The first-order valence-electron chi connectivity index (χ1n) is 9.74. The summed E-state index contributed by atoms with van der Waals surface area (Å²) < 4.78 is 6.81. The Morgan fingerprint density at radius 1 is 1.16 bits per heavy atom. The fraction of sp³-hybridized carbons (Fsp3) is 0.261. The van der Waals surface area contributed by atoms with Crippen molar-refractivity contribution in [1.29, 1.82) is 0 Å². The molecule has 0 fully saturated rings. The first-order valence-corrected chi connectivity index (χ1v) is 11.3. The number of carbonyl (C=O) groups is 3. The second kappa shape index (κ2) is 11.8. The molecule has 7 nitrogen and oxygen atoms in total. The number of benzene rings is 2. The second-order valence-electron chi connectivity index (χ2n) is 7.21. The molecule has 0 aromatic heterocycles. The summed E-state index contributed by atoms with van der Waals surface area (Å²) >= 11 is 6.67. The largest absolute Gasteiger partial charge is 0.506 e. The maximum Gasteiger partial charge on any atom is 0.412 e. The van der Waals surface area contributed by atoms with Crippen molar-refractivity contribution in [3.63, 3.8) is 0 Å². The van der Waals surface area contributed by atoms with Crippen molar-refractivity contribution in [2.24, 2.45) is 5.92 Å². The lowest BCUT2D eigenvalue weighted by molar-refractivity contribution is -0.131. The molecule has 0 aliphatic carbocycles. The highest BCUT2D eigenvalue weighted by Gasteiger charge is 2.27. The molecule has 0 aliphatic heterocycles. The average molecular weight is 569 g/mol. The van der Waals surface area contributed by atoms with Crippen molar-refractivity contribution in [3.05, 3.63) is 68.6 Å². The second-order valence-corrected chi connectivity index (χ2v) is 8.98. The Bertz CT molecular complexity index is 1020. The van der Waals surface area contributed by atoms with Gasteiger partial charge in [-0.15, -0.1) is 0 Å². The Labute approximate surface area is 202 Å². The number of carboxylic acids is 1. The van der Waals surface area contributed by atoms with E-state index in [2.05, 4.69) is 37.2 Å². The number of allylic oxidation sites excluding steroid dienone is 1.